The van der Waals surface area contributed by atoms with Gasteiger partial charge >= 0.3 is 0 Å². The minimum absolute atomic E-state index is 0.151. The molecule has 0 unspecified atom stereocenters. The van der Waals surface area contributed by atoms with Gasteiger partial charge in [0, 0.05) is 23.9 Å². The van der Waals surface area contributed by atoms with Crippen LogP contribution in [0.2, 0.25) is 0 Å². The summed E-state index contributed by atoms with van der Waals surface area (Å²) in [6, 6.07) is 13.0. The summed E-state index contributed by atoms with van der Waals surface area (Å²) in [5, 5.41) is 5.64. The van der Waals surface area contributed by atoms with Crippen molar-refractivity contribution in [3.63, 3.8) is 0 Å². The maximum Gasteiger partial charge on any atom is 0.255 e. The third-order valence-electron chi connectivity index (χ3n) is 3.82. The van der Waals surface area contributed by atoms with Gasteiger partial charge in [-0.15, -0.1) is 0 Å². The zero-order valence-corrected chi connectivity index (χ0v) is 13.6. The van der Waals surface area contributed by atoms with E-state index < -0.39 is 0 Å². The van der Waals surface area contributed by atoms with Crippen LogP contribution in [0.1, 0.15) is 18.1 Å². The molecule has 24 heavy (non-hydrogen) atoms. The van der Waals surface area contributed by atoms with Gasteiger partial charge in [-0.25, -0.2) is 0 Å². The third-order valence-corrected chi connectivity index (χ3v) is 3.82. The first-order valence-electron chi connectivity index (χ1n) is 7.65. The molecule has 5 nitrogen and oxygen atoms in total. The molecule has 1 aliphatic rings. The van der Waals surface area contributed by atoms with Crippen molar-refractivity contribution in [3.05, 3.63) is 59.2 Å². The number of carbonyl (C=O) groups excluding carboxylic acids is 2. The normalized spacial score (nSPS) is 12.5. The second kappa shape index (κ2) is 6.58. The number of amides is 2. The van der Waals surface area contributed by atoms with Crippen LogP contribution >= 0.6 is 0 Å². The van der Waals surface area contributed by atoms with Crippen LogP contribution in [0.5, 0.6) is 5.75 Å². The van der Waals surface area contributed by atoms with Crippen LogP contribution in [-0.2, 0) is 9.59 Å². The highest BCUT2D eigenvalue weighted by Crippen LogP contribution is 2.27. The fourth-order valence-electron chi connectivity index (χ4n) is 2.55. The number of rotatable bonds is 3. The summed E-state index contributed by atoms with van der Waals surface area (Å²) in [4.78, 5) is 23.8. The quantitative estimate of drug-likeness (QED) is 0.910. The topological polar surface area (TPSA) is 67.4 Å². The van der Waals surface area contributed by atoms with E-state index in [1.807, 2.05) is 37.3 Å². The van der Waals surface area contributed by atoms with E-state index in [0.29, 0.717) is 16.9 Å². The Hall–Kier alpha value is -3.08. The molecule has 2 aromatic carbocycles. The van der Waals surface area contributed by atoms with Crippen molar-refractivity contribution in [1.29, 1.82) is 0 Å². The number of carbonyl (C=O) groups is 2. The van der Waals surface area contributed by atoms with Gasteiger partial charge in [-0.05, 0) is 36.8 Å². The van der Waals surface area contributed by atoms with Crippen LogP contribution in [-0.4, -0.2) is 18.4 Å². The standard InChI is InChI=1S/C19H18N2O3/c1-12-16(20-13(2)22)7-5-8-17(12)21-19(23)15-10-14-6-3-4-9-18(14)24-11-15/h3-10H,11H2,1-2H3,(H,20,22)(H,21,23). The van der Waals surface area contributed by atoms with Crippen LogP contribution in [0.25, 0.3) is 6.08 Å². The molecule has 2 N–H and O–H groups in total. The number of nitrogens with one attached hydrogen (secondary N) is 2. The highest BCUT2D eigenvalue weighted by atomic mass is 16.5. The molecular formula is C19H18N2O3. The number of benzene rings is 2. The molecule has 122 valence electrons. The Bertz CT molecular complexity index is 840. The van der Waals surface area contributed by atoms with Crippen LogP contribution in [0.15, 0.2) is 48.0 Å². The number of hydrogen-bond donors (Lipinski definition) is 2. The first-order chi connectivity index (χ1) is 11.5. The molecule has 0 saturated carbocycles. The molecule has 0 atom stereocenters. The van der Waals surface area contributed by atoms with Crippen molar-refractivity contribution < 1.29 is 14.3 Å². The number of para-hydroxylation sites is 1. The first-order valence-corrected chi connectivity index (χ1v) is 7.65. The highest BCUT2D eigenvalue weighted by molar-refractivity contribution is 6.08. The van der Waals surface area contributed by atoms with E-state index in [1.54, 1.807) is 18.2 Å². The Morgan fingerprint density at radius 1 is 1.00 bits per heavy atom. The Morgan fingerprint density at radius 2 is 1.71 bits per heavy atom. The smallest absolute Gasteiger partial charge is 0.255 e. The summed E-state index contributed by atoms with van der Waals surface area (Å²) in [6.45, 7) is 3.53. The Balaban J connectivity index is 1.81. The minimum atomic E-state index is -0.215. The van der Waals surface area contributed by atoms with E-state index in [-0.39, 0.29) is 18.4 Å². The van der Waals surface area contributed by atoms with Crippen molar-refractivity contribution in [2.75, 3.05) is 17.2 Å². The van der Waals surface area contributed by atoms with Gasteiger partial charge in [0.05, 0.1) is 5.57 Å². The lowest BCUT2D eigenvalue weighted by Gasteiger charge is -2.18. The van der Waals surface area contributed by atoms with Gasteiger partial charge in [0.1, 0.15) is 12.4 Å². The van der Waals surface area contributed by atoms with Crippen molar-refractivity contribution in [3.8, 4) is 5.75 Å². The molecule has 2 aromatic rings. The van der Waals surface area contributed by atoms with E-state index >= 15 is 0 Å². The molecule has 1 heterocycles. The fourth-order valence-corrected chi connectivity index (χ4v) is 2.55. The largest absolute Gasteiger partial charge is 0.488 e. The van der Waals surface area contributed by atoms with Crippen molar-refractivity contribution in [2.24, 2.45) is 0 Å². The van der Waals surface area contributed by atoms with E-state index in [0.717, 1.165) is 16.9 Å². The van der Waals surface area contributed by atoms with Crippen LogP contribution in [0, 0.1) is 6.92 Å². The first kappa shape index (κ1) is 15.8. The van der Waals surface area contributed by atoms with Gasteiger partial charge in [-0.1, -0.05) is 24.3 Å². The monoisotopic (exact) mass is 322 g/mol. The fraction of sp³-hybridized carbons (Fsp3) is 0.158. The molecule has 0 aliphatic carbocycles. The number of ether oxygens (including phenoxy) is 1. The van der Waals surface area contributed by atoms with Gasteiger partial charge < -0.3 is 15.4 Å². The van der Waals surface area contributed by atoms with Gasteiger partial charge in [0.15, 0.2) is 0 Å². The molecule has 1 aliphatic heterocycles. The maximum absolute atomic E-state index is 12.5. The van der Waals surface area contributed by atoms with E-state index in [4.69, 9.17) is 4.74 Å². The van der Waals surface area contributed by atoms with Crippen LogP contribution < -0.4 is 15.4 Å². The Kier molecular flexibility index (Phi) is 4.33. The summed E-state index contributed by atoms with van der Waals surface area (Å²) in [6.07, 6.45) is 1.83. The molecule has 0 radical (unpaired) electrons. The molecule has 2 amide bonds. The summed E-state index contributed by atoms with van der Waals surface area (Å²) in [5.41, 5.74) is 3.58. The molecule has 0 saturated heterocycles. The number of anilines is 2. The van der Waals surface area contributed by atoms with E-state index in [1.165, 1.54) is 6.92 Å². The zero-order valence-electron chi connectivity index (χ0n) is 13.6. The third kappa shape index (κ3) is 3.30. The Labute approximate surface area is 140 Å². The molecule has 0 fully saturated rings. The zero-order chi connectivity index (χ0) is 17.1. The van der Waals surface area contributed by atoms with Gasteiger partial charge in [-0.2, -0.15) is 0 Å². The number of hydrogen-bond acceptors (Lipinski definition) is 3. The highest BCUT2D eigenvalue weighted by Gasteiger charge is 2.18. The summed E-state index contributed by atoms with van der Waals surface area (Å²) >= 11 is 0. The molecular weight excluding hydrogens is 304 g/mol. The molecule has 3 rings (SSSR count). The van der Waals surface area contributed by atoms with Gasteiger partial charge in [-0.3, -0.25) is 9.59 Å². The number of fused-ring (bicyclic) bond motifs is 1. The van der Waals surface area contributed by atoms with Gasteiger partial charge in [0.25, 0.3) is 5.91 Å². The van der Waals surface area contributed by atoms with Crippen molar-refractivity contribution in [2.45, 2.75) is 13.8 Å². The van der Waals surface area contributed by atoms with E-state index in [2.05, 4.69) is 10.6 Å². The van der Waals surface area contributed by atoms with E-state index in [9.17, 15) is 9.59 Å². The molecule has 0 aromatic heterocycles. The summed E-state index contributed by atoms with van der Waals surface area (Å²) < 4.78 is 5.62. The predicted molar refractivity (Wildman–Crippen MR) is 94.0 cm³/mol. The average Bonchev–Trinajstić information content (AvgIpc) is 2.57. The average molecular weight is 322 g/mol. The van der Waals surface area contributed by atoms with Crippen LogP contribution in [0.3, 0.4) is 0 Å². The lowest BCUT2D eigenvalue weighted by molar-refractivity contribution is -0.114. The maximum atomic E-state index is 12.5. The summed E-state index contributed by atoms with van der Waals surface area (Å²) in [5.74, 6) is 0.409. The van der Waals surface area contributed by atoms with Crippen molar-refractivity contribution >= 4 is 29.3 Å². The Morgan fingerprint density at radius 3 is 2.46 bits per heavy atom. The minimum Gasteiger partial charge on any atom is -0.488 e. The molecule has 0 spiro atoms. The van der Waals surface area contributed by atoms with Gasteiger partial charge in [0.2, 0.25) is 5.91 Å². The lowest BCUT2D eigenvalue weighted by Crippen LogP contribution is -2.21. The van der Waals surface area contributed by atoms with Crippen LogP contribution in [0.4, 0.5) is 11.4 Å². The SMILES string of the molecule is CC(=O)Nc1cccc(NC(=O)C2=Cc3ccccc3OC2)c1C. The summed E-state index contributed by atoms with van der Waals surface area (Å²) in [7, 11) is 0. The van der Waals surface area contributed by atoms with Crippen molar-refractivity contribution in [1.82, 2.24) is 0 Å². The lowest BCUT2D eigenvalue weighted by atomic mass is 10.1. The predicted octanol–water partition coefficient (Wildman–Crippen LogP) is 3.37. The second-order valence-corrected chi connectivity index (χ2v) is 5.61. The molecule has 0 bridgehead atoms. The second-order valence-electron chi connectivity index (χ2n) is 5.61. The molecule has 5 heteroatoms.